The van der Waals surface area contributed by atoms with Crippen molar-refractivity contribution in [2.75, 3.05) is 11.9 Å². The van der Waals surface area contributed by atoms with Crippen LogP contribution in [0.3, 0.4) is 0 Å². The van der Waals surface area contributed by atoms with Gasteiger partial charge in [-0.15, -0.1) is 0 Å². The summed E-state index contributed by atoms with van der Waals surface area (Å²) in [5.41, 5.74) is 4.07. The first-order valence-corrected chi connectivity index (χ1v) is 8.59. The summed E-state index contributed by atoms with van der Waals surface area (Å²) in [6.07, 6.45) is 0. The summed E-state index contributed by atoms with van der Waals surface area (Å²) < 4.78 is 19.3. The van der Waals surface area contributed by atoms with Crippen LogP contribution in [0.2, 0.25) is 0 Å². The molecule has 0 aliphatic rings. The van der Waals surface area contributed by atoms with E-state index >= 15 is 0 Å². The molecule has 27 heavy (non-hydrogen) atoms. The van der Waals surface area contributed by atoms with E-state index in [0.717, 1.165) is 22.4 Å². The molecule has 5 heteroatoms. The number of fused-ring (bicyclic) bond motifs is 1. The molecule has 0 spiro atoms. The maximum absolute atomic E-state index is 13.6. The smallest absolute Gasteiger partial charge is 0.227 e. The van der Waals surface area contributed by atoms with E-state index < -0.39 is 0 Å². The number of rotatable bonds is 5. The molecule has 1 aromatic heterocycles. The van der Waals surface area contributed by atoms with Crippen LogP contribution < -0.4 is 5.32 Å². The molecule has 0 unspecified atom stereocenters. The molecule has 0 radical (unpaired) electrons. The molecule has 134 valence electrons. The van der Waals surface area contributed by atoms with E-state index in [2.05, 4.69) is 10.3 Å². The van der Waals surface area contributed by atoms with E-state index in [-0.39, 0.29) is 18.1 Å². The van der Waals surface area contributed by atoms with E-state index in [1.807, 2.05) is 48.5 Å². The van der Waals surface area contributed by atoms with Crippen LogP contribution >= 0.6 is 0 Å². The van der Waals surface area contributed by atoms with Gasteiger partial charge in [0.05, 0.1) is 6.54 Å². The second-order valence-electron chi connectivity index (χ2n) is 6.30. The van der Waals surface area contributed by atoms with Crippen LogP contribution in [0.4, 0.5) is 10.1 Å². The molecule has 0 aliphatic heterocycles. The lowest BCUT2D eigenvalue weighted by Crippen LogP contribution is -2.14. The zero-order valence-electron chi connectivity index (χ0n) is 14.7. The van der Waals surface area contributed by atoms with Crippen molar-refractivity contribution in [1.82, 2.24) is 4.98 Å². The van der Waals surface area contributed by atoms with Crippen molar-refractivity contribution in [2.24, 2.45) is 0 Å². The van der Waals surface area contributed by atoms with Crippen LogP contribution in [0.25, 0.3) is 22.6 Å². The van der Waals surface area contributed by atoms with Crippen LogP contribution in [0.15, 0.2) is 71.1 Å². The largest absolute Gasteiger partial charge is 0.436 e. The quantitative estimate of drug-likeness (QED) is 0.495. The third-order valence-corrected chi connectivity index (χ3v) is 4.37. The highest BCUT2D eigenvalue weighted by Crippen LogP contribution is 2.25. The topological polar surface area (TPSA) is 55.1 Å². The van der Waals surface area contributed by atoms with Gasteiger partial charge < -0.3 is 9.73 Å². The standard InChI is InChI=1S/C22H17FN2O2/c1-14-6-7-16(12-18(14)23)20(26)13-24-17-10-8-15(9-11-17)22-25-19-4-2-3-5-21(19)27-22/h2-12,24H,13H2,1H3. The number of Topliss-reactive ketones (excluding diaryl/α,β-unsaturated/α-hetero) is 1. The van der Waals surface area contributed by atoms with Crippen molar-refractivity contribution in [3.63, 3.8) is 0 Å². The Morgan fingerprint density at radius 1 is 1.07 bits per heavy atom. The lowest BCUT2D eigenvalue weighted by atomic mass is 10.1. The molecule has 4 rings (SSSR count). The molecular weight excluding hydrogens is 343 g/mol. The zero-order chi connectivity index (χ0) is 18.8. The highest BCUT2D eigenvalue weighted by atomic mass is 19.1. The summed E-state index contributed by atoms with van der Waals surface area (Å²) in [5, 5.41) is 3.06. The van der Waals surface area contributed by atoms with Crippen LogP contribution in [0.5, 0.6) is 0 Å². The Balaban J connectivity index is 1.44. The minimum absolute atomic E-state index is 0.0880. The number of oxazole rings is 1. The number of ketones is 1. The molecule has 3 aromatic carbocycles. The van der Waals surface area contributed by atoms with Crippen molar-refractivity contribution < 1.29 is 13.6 Å². The number of anilines is 1. The predicted octanol–water partition coefficient (Wildman–Crippen LogP) is 5.24. The number of nitrogens with one attached hydrogen (secondary N) is 1. The number of aromatic nitrogens is 1. The van der Waals surface area contributed by atoms with Gasteiger partial charge in [0.15, 0.2) is 11.4 Å². The zero-order valence-corrected chi connectivity index (χ0v) is 14.7. The number of halogens is 1. The van der Waals surface area contributed by atoms with Gasteiger partial charge in [-0.3, -0.25) is 4.79 Å². The lowest BCUT2D eigenvalue weighted by Gasteiger charge is -2.07. The minimum atomic E-state index is -0.372. The molecule has 4 nitrogen and oxygen atoms in total. The molecule has 0 aliphatic carbocycles. The number of para-hydroxylation sites is 2. The molecule has 0 amide bonds. The van der Waals surface area contributed by atoms with E-state index in [4.69, 9.17) is 4.42 Å². The Morgan fingerprint density at radius 2 is 1.85 bits per heavy atom. The van der Waals surface area contributed by atoms with Crippen LogP contribution in [0, 0.1) is 12.7 Å². The first kappa shape index (κ1) is 17.0. The molecule has 0 atom stereocenters. The summed E-state index contributed by atoms with van der Waals surface area (Å²) >= 11 is 0. The Bertz CT molecular complexity index is 1080. The number of carbonyl (C=O) groups excluding carboxylic acids is 1. The molecule has 1 N–H and O–H groups in total. The van der Waals surface area contributed by atoms with Gasteiger partial charge in [0.1, 0.15) is 11.3 Å². The molecule has 0 saturated heterocycles. The summed E-state index contributed by atoms with van der Waals surface area (Å²) in [4.78, 5) is 16.7. The first-order chi connectivity index (χ1) is 13.1. The highest BCUT2D eigenvalue weighted by Gasteiger charge is 2.10. The normalized spacial score (nSPS) is 10.9. The molecule has 4 aromatic rings. The molecule has 0 fully saturated rings. The van der Waals surface area contributed by atoms with Gasteiger partial charge in [-0.1, -0.05) is 24.3 Å². The summed E-state index contributed by atoms with van der Waals surface area (Å²) in [5.74, 6) is 0.00872. The van der Waals surface area contributed by atoms with Crippen molar-refractivity contribution in [1.29, 1.82) is 0 Å². The highest BCUT2D eigenvalue weighted by molar-refractivity contribution is 5.99. The SMILES string of the molecule is Cc1ccc(C(=O)CNc2ccc(-c3nc4ccccc4o3)cc2)cc1F. The molecule has 1 heterocycles. The van der Waals surface area contributed by atoms with Gasteiger partial charge in [0.25, 0.3) is 0 Å². The molecular formula is C22H17FN2O2. The fraction of sp³-hybridized carbons (Fsp3) is 0.0909. The minimum Gasteiger partial charge on any atom is -0.436 e. The molecule has 0 bridgehead atoms. The number of hydrogen-bond acceptors (Lipinski definition) is 4. The van der Waals surface area contributed by atoms with E-state index in [1.165, 1.54) is 6.07 Å². The number of benzene rings is 3. The van der Waals surface area contributed by atoms with E-state index in [9.17, 15) is 9.18 Å². The second kappa shape index (κ2) is 7.03. The Hall–Kier alpha value is -3.47. The van der Waals surface area contributed by atoms with Gasteiger partial charge in [0.2, 0.25) is 5.89 Å². The lowest BCUT2D eigenvalue weighted by molar-refractivity contribution is 0.101. The number of nitrogens with zero attached hydrogens (tertiary/aromatic N) is 1. The number of aryl methyl sites for hydroxylation is 1. The Kier molecular flexibility index (Phi) is 4.42. The van der Waals surface area contributed by atoms with Gasteiger partial charge in [0, 0.05) is 16.8 Å². The fourth-order valence-corrected chi connectivity index (χ4v) is 2.78. The average Bonchev–Trinajstić information content (AvgIpc) is 3.13. The molecule has 0 saturated carbocycles. The van der Waals surface area contributed by atoms with Crippen molar-refractivity contribution >= 4 is 22.6 Å². The monoisotopic (exact) mass is 360 g/mol. The second-order valence-corrected chi connectivity index (χ2v) is 6.30. The summed E-state index contributed by atoms with van der Waals surface area (Å²) in [6.45, 7) is 1.75. The maximum Gasteiger partial charge on any atom is 0.227 e. The van der Waals surface area contributed by atoms with Crippen LogP contribution in [0.1, 0.15) is 15.9 Å². The number of hydrogen-bond donors (Lipinski definition) is 1. The third kappa shape index (κ3) is 3.58. The van der Waals surface area contributed by atoms with Crippen LogP contribution in [-0.2, 0) is 0 Å². The van der Waals surface area contributed by atoms with Gasteiger partial charge in [-0.2, -0.15) is 0 Å². The Morgan fingerprint density at radius 3 is 2.59 bits per heavy atom. The fourth-order valence-electron chi connectivity index (χ4n) is 2.78. The summed E-state index contributed by atoms with van der Waals surface area (Å²) in [7, 11) is 0. The Labute approximate surface area is 155 Å². The van der Waals surface area contributed by atoms with Gasteiger partial charge in [-0.25, -0.2) is 9.37 Å². The van der Waals surface area contributed by atoms with Gasteiger partial charge >= 0.3 is 0 Å². The summed E-state index contributed by atoms with van der Waals surface area (Å²) in [6, 6.07) is 19.6. The maximum atomic E-state index is 13.6. The van der Waals surface area contributed by atoms with E-state index in [1.54, 1.807) is 19.1 Å². The van der Waals surface area contributed by atoms with Gasteiger partial charge in [-0.05, 0) is 55.0 Å². The number of carbonyl (C=O) groups is 1. The van der Waals surface area contributed by atoms with E-state index in [0.29, 0.717) is 17.0 Å². The average molecular weight is 360 g/mol. The van der Waals surface area contributed by atoms with Crippen molar-refractivity contribution in [3.05, 3.63) is 83.7 Å². The first-order valence-electron chi connectivity index (χ1n) is 8.59. The third-order valence-electron chi connectivity index (χ3n) is 4.37. The van der Waals surface area contributed by atoms with Crippen molar-refractivity contribution in [2.45, 2.75) is 6.92 Å². The predicted molar refractivity (Wildman–Crippen MR) is 103 cm³/mol. The van der Waals surface area contributed by atoms with Crippen molar-refractivity contribution in [3.8, 4) is 11.5 Å². The van der Waals surface area contributed by atoms with Crippen LogP contribution in [-0.4, -0.2) is 17.3 Å².